The van der Waals surface area contributed by atoms with Gasteiger partial charge in [-0.25, -0.2) is 0 Å². The molecule has 0 amide bonds. The van der Waals surface area contributed by atoms with Crippen molar-refractivity contribution in [2.45, 2.75) is 40.5 Å². The van der Waals surface area contributed by atoms with Crippen LogP contribution in [0.15, 0.2) is 42.0 Å². The van der Waals surface area contributed by atoms with Gasteiger partial charge in [0.2, 0.25) is 0 Å². The van der Waals surface area contributed by atoms with Crippen LogP contribution in [0.5, 0.6) is 0 Å². The van der Waals surface area contributed by atoms with Crippen molar-refractivity contribution in [1.82, 2.24) is 0 Å². The number of hydrogen-bond donors (Lipinski definition) is 0. The van der Waals surface area contributed by atoms with E-state index in [1.807, 2.05) is 6.56 Å². The molecule has 0 N–H and O–H groups in total. The molecule has 2 aliphatic carbocycles. The van der Waals surface area contributed by atoms with E-state index in [-0.39, 0.29) is 24.8 Å². The van der Waals surface area contributed by atoms with Gasteiger partial charge in [-0.15, -0.1) is 24.8 Å². The second-order valence-corrected chi connectivity index (χ2v) is 9.10. The summed E-state index contributed by atoms with van der Waals surface area (Å²) in [5.74, 6) is 1.42. The van der Waals surface area contributed by atoms with Gasteiger partial charge < -0.3 is 0 Å². The molecule has 2 rings (SSSR count). The Morgan fingerprint density at radius 2 is 1.16 bits per heavy atom. The third-order valence-corrected chi connectivity index (χ3v) is 7.39. The molecule has 0 radical (unpaired) electrons. The maximum Gasteiger partial charge on any atom is -0.147 e. The van der Waals surface area contributed by atoms with Crippen molar-refractivity contribution in [1.29, 1.82) is 0 Å². The molecule has 0 unspecified atom stereocenters. The monoisotopic (exact) mass is 376 g/mol. The van der Waals surface area contributed by atoms with Crippen LogP contribution < -0.4 is 0 Å². The average Bonchev–Trinajstić information content (AvgIpc) is 2.86. The Morgan fingerprint density at radius 1 is 0.789 bits per heavy atom. The van der Waals surface area contributed by atoms with Gasteiger partial charge in [0, 0.05) is 0 Å². The molecule has 0 atom stereocenters. The smallest absolute Gasteiger partial charge is 0.147 e. The van der Waals surface area contributed by atoms with Gasteiger partial charge in [0.1, 0.15) is 0 Å². The maximum absolute atomic E-state index is 2.37. The molecule has 0 aromatic carbocycles. The normalized spacial score (nSPS) is 17.4. The predicted molar refractivity (Wildman–Crippen MR) is 85.7 cm³/mol. The summed E-state index contributed by atoms with van der Waals surface area (Å²) in [5.41, 5.74) is 3.30. The molecule has 0 nitrogen and oxygen atoms in total. The Kier molecular flexibility index (Phi) is 8.85. The van der Waals surface area contributed by atoms with E-state index in [1.54, 1.807) is 11.1 Å². The minimum absolute atomic E-state index is 0. The van der Waals surface area contributed by atoms with Crippen LogP contribution in [0.4, 0.5) is 0 Å². The quantitative estimate of drug-likeness (QED) is 0.593. The number of hydrogen-bond acceptors (Lipinski definition) is 0. The Balaban J connectivity index is 0.00000162. The summed E-state index contributed by atoms with van der Waals surface area (Å²) in [7, 11) is 0. The molecule has 0 saturated heterocycles. The van der Waals surface area contributed by atoms with Crippen LogP contribution in [0.25, 0.3) is 0 Å². The third-order valence-electron chi connectivity index (χ3n) is 3.48. The maximum atomic E-state index is 2.37. The van der Waals surface area contributed by atoms with Gasteiger partial charge in [-0.3, -0.25) is 0 Å². The number of halogens is 2. The molecule has 0 aromatic rings. The molecular formula is C16H24Cl2Zr. The van der Waals surface area contributed by atoms with Gasteiger partial charge in [-0.05, 0) is 0 Å². The molecule has 0 saturated carbocycles. The molecule has 106 valence electrons. The van der Waals surface area contributed by atoms with E-state index in [0.29, 0.717) is 11.8 Å². The second kappa shape index (κ2) is 8.65. The first kappa shape index (κ1) is 19.4. The number of rotatable bonds is 4. The fraction of sp³-hybridized carbons (Fsp3) is 0.500. The van der Waals surface area contributed by atoms with Crippen molar-refractivity contribution < 1.29 is 23.2 Å². The zero-order chi connectivity index (χ0) is 12.4. The summed E-state index contributed by atoms with van der Waals surface area (Å²) in [6, 6.07) is 0. The van der Waals surface area contributed by atoms with Gasteiger partial charge >= 0.3 is 118 Å². The Labute approximate surface area is 141 Å². The van der Waals surface area contributed by atoms with E-state index in [1.165, 1.54) is 12.8 Å². The van der Waals surface area contributed by atoms with Crippen molar-refractivity contribution >= 4 is 24.8 Å². The zero-order valence-corrected chi connectivity index (χ0v) is 16.3. The molecular weight excluding hydrogens is 354 g/mol. The molecule has 2 aliphatic rings. The minimum Gasteiger partial charge on any atom is -0.147 e. The minimum atomic E-state index is -0.491. The first-order valence-corrected chi connectivity index (χ1v) is 9.11. The van der Waals surface area contributed by atoms with Gasteiger partial charge in [-0.1, -0.05) is 0 Å². The Hall–Kier alpha value is 0.423. The first-order chi connectivity index (χ1) is 8.09. The average molecular weight is 378 g/mol. The topological polar surface area (TPSA) is 0 Å². The second-order valence-electron chi connectivity index (χ2n) is 5.52. The molecule has 0 aromatic heterocycles. The number of allylic oxidation sites excluding steroid dienone is 8. The van der Waals surface area contributed by atoms with Crippen molar-refractivity contribution in [3.63, 3.8) is 0 Å². The van der Waals surface area contributed by atoms with E-state index in [4.69, 9.17) is 0 Å². The molecule has 0 aliphatic heterocycles. The first-order valence-electron chi connectivity index (χ1n) is 6.65. The van der Waals surface area contributed by atoms with Crippen molar-refractivity contribution in [3.05, 3.63) is 42.0 Å². The predicted octanol–water partition coefficient (Wildman–Crippen LogP) is 5.65. The molecule has 0 spiro atoms. The van der Waals surface area contributed by atoms with Crippen molar-refractivity contribution in [2.75, 3.05) is 0 Å². The summed E-state index contributed by atoms with van der Waals surface area (Å²) in [6.07, 6.45) is 12.0. The van der Waals surface area contributed by atoms with E-state index >= 15 is 0 Å². The Morgan fingerprint density at radius 3 is 1.47 bits per heavy atom. The van der Waals surface area contributed by atoms with Crippen LogP contribution in [0, 0.1) is 11.8 Å². The standard InChI is InChI=1S/2C8H11.2ClH.Zr/c2*1-7(2)8-5-3-4-6-8;;;/h2*3,5,7H,4H2,1-2H3;2*1H;. The van der Waals surface area contributed by atoms with E-state index in [0.717, 1.165) is 0 Å². The van der Waals surface area contributed by atoms with Crippen LogP contribution in [0.2, 0.25) is 0 Å². The molecule has 0 fully saturated rings. The summed E-state index contributed by atoms with van der Waals surface area (Å²) >= 11 is -0.491. The van der Waals surface area contributed by atoms with Gasteiger partial charge in [0.05, 0.1) is 0 Å². The summed E-state index contributed by atoms with van der Waals surface area (Å²) in [4.78, 5) is 0. The zero-order valence-electron chi connectivity index (χ0n) is 12.2. The largest absolute Gasteiger partial charge is 0.147 e. The summed E-state index contributed by atoms with van der Waals surface area (Å²) in [5, 5.41) is 0. The summed E-state index contributed by atoms with van der Waals surface area (Å²) < 4.78 is 3.64. The van der Waals surface area contributed by atoms with Crippen molar-refractivity contribution in [3.8, 4) is 0 Å². The van der Waals surface area contributed by atoms with Crippen molar-refractivity contribution in [2.24, 2.45) is 11.8 Å². The third kappa shape index (κ3) is 4.73. The van der Waals surface area contributed by atoms with E-state index in [9.17, 15) is 0 Å². The van der Waals surface area contributed by atoms with Crippen LogP contribution in [-0.4, -0.2) is 0 Å². The molecule has 3 heteroatoms. The van der Waals surface area contributed by atoms with Gasteiger partial charge in [-0.2, -0.15) is 0 Å². The van der Waals surface area contributed by atoms with Crippen LogP contribution in [0.1, 0.15) is 40.5 Å². The Bertz CT molecular complexity index is 386. The van der Waals surface area contributed by atoms with Crippen LogP contribution >= 0.6 is 24.8 Å². The van der Waals surface area contributed by atoms with Crippen LogP contribution in [0.3, 0.4) is 0 Å². The fourth-order valence-electron chi connectivity index (χ4n) is 2.55. The SMILES string of the molecule is CC(C)C1=[C]([Zr][C]2=C(C(C)C)C=CC2)CC=C1.Cl.Cl. The molecule has 19 heavy (non-hydrogen) atoms. The summed E-state index contributed by atoms with van der Waals surface area (Å²) in [6.45, 7) is 9.31. The van der Waals surface area contributed by atoms with E-state index in [2.05, 4.69) is 52.0 Å². The van der Waals surface area contributed by atoms with Gasteiger partial charge in [0.25, 0.3) is 0 Å². The van der Waals surface area contributed by atoms with Crippen LogP contribution in [-0.2, 0) is 23.2 Å². The fourth-order valence-corrected chi connectivity index (χ4v) is 7.07. The van der Waals surface area contributed by atoms with Gasteiger partial charge in [0.15, 0.2) is 0 Å². The molecule has 0 heterocycles. The molecule has 0 bridgehead atoms. The van der Waals surface area contributed by atoms with E-state index < -0.39 is 23.2 Å².